The summed E-state index contributed by atoms with van der Waals surface area (Å²) in [6, 6.07) is 24.2. The Balaban J connectivity index is 1.50. The second-order valence-electron chi connectivity index (χ2n) is 12.7. The highest BCUT2D eigenvalue weighted by Crippen LogP contribution is 2.63. The van der Waals surface area contributed by atoms with Crippen molar-refractivity contribution in [3.05, 3.63) is 119 Å². The third-order valence-corrected chi connectivity index (χ3v) is 10.5. The Morgan fingerprint density at radius 3 is 2.27 bits per heavy atom. The van der Waals surface area contributed by atoms with E-state index in [1.807, 2.05) is 86.6 Å². The highest BCUT2D eigenvalue weighted by Gasteiger charge is 2.65. The van der Waals surface area contributed by atoms with Crippen LogP contribution < -0.4 is 0 Å². The van der Waals surface area contributed by atoms with E-state index in [1.54, 1.807) is 6.07 Å². The van der Waals surface area contributed by atoms with Gasteiger partial charge in [-0.15, -0.1) is 0 Å². The Hall–Kier alpha value is -4.58. The van der Waals surface area contributed by atoms with E-state index in [-0.39, 0.29) is 35.0 Å². The molecule has 0 spiro atoms. The van der Waals surface area contributed by atoms with Gasteiger partial charge in [-0.3, -0.25) is 24.1 Å². The first kappa shape index (κ1) is 28.2. The van der Waals surface area contributed by atoms with Crippen LogP contribution in [0, 0.1) is 30.6 Å². The molecule has 1 heterocycles. The molecule has 1 N–H and O–H groups in total. The number of hydrogen-bond acceptors (Lipinski definition) is 5. The fourth-order valence-corrected chi connectivity index (χ4v) is 8.62. The molecule has 1 aliphatic heterocycles. The van der Waals surface area contributed by atoms with Gasteiger partial charge in [0.05, 0.1) is 17.3 Å². The van der Waals surface area contributed by atoms with Crippen LogP contribution in [0.5, 0.6) is 5.75 Å². The Bertz CT molecular complexity index is 1760. The molecule has 3 aliphatic carbocycles. The highest BCUT2D eigenvalue weighted by atomic mass is 16.3. The molecule has 1 saturated carbocycles. The molecule has 7 rings (SSSR count). The molecule has 44 heavy (non-hydrogen) atoms. The van der Waals surface area contributed by atoms with Crippen molar-refractivity contribution in [3.63, 3.8) is 0 Å². The molecule has 0 aromatic heterocycles. The lowest BCUT2D eigenvalue weighted by atomic mass is 9.44. The molecule has 222 valence electrons. The first-order valence-electron chi connectivity index (χ1n) is 15.5. The van der Waals surface area contributed by atoms with Gasteiger partial charge < -0.3 is 5.11 Å². The molecular weight excluding hydrogens is 550 g/mol. The van der Waals surface area contributed by atoms with Crippen LogP contribution in [-0.4, -0.2) is 39.9 Å². The zero-order valence-electron chi connectivity index (χ0n) is 24.9. The number of benzene rings is 3. The van der Waals surface area contributed by atoms with Gasteiger partial charge in [0.1, 0.15) is 5.75 Å². The van der Waals surface area contributed by atoms with E-state index in [0.717, 1.165) is 16.7 Å². The number of ketones is 2. The van der Waals surface area contributed by atoms with Crippen molar-refractivity contribution < 1.29 is 24.3 Å². The normalized spacial score (nSPS) is 29.5. The molecule has 6 unspecified atom stereocenters. The Labute approximate surface area is 257 Å². The molecule has 6 atom stereocenters. The van der Waals surface area contributed by atoms with Crippen LogP contribution in [0.2, 0.25) is 0 Å². The van der Waals surface area contributed by atoms with E-state index in [0.29, 0.717) is 42.5 Å². The average molecular weight is 586 g/mol. The number of Topliss-reactive ketones (excluding diaryl/α,β-unsaturated/α-hetero) is 1. The standard InChI is InChI=1S/C38H35NO5/c1-3-18-39-36(43)27-16-15-26-29(33(27)37(39)44)20-30-35(42)28(23-10-6-4-7-11-23)21-32(41)38(30,25-12-8-5-9-13-25)34(26)24-14-17-31(40)22(2)19-24/h4-15,17,19,21,27,29-30,33-34,40H,3,16,18,20H2,1-2H3. The average Bonchev–Trinajstić information content (AvgIpc) is 3.29. The number of nitrogens with zero attached hydrogens (tertiary/aromatic N) is 1. The SMILES string of the molecule is CCCN1C(=O)C2CC=C3C(CC4C(=O)C(c5ccccc5)=CC(=O)C4(c4ccccc4)C3c3ccc(O)c(C)c3)C2C1=O. The first-order chi connectivity index (χ1) is 21.3. The molecule has 1 saturated heterocycles. The lowest BCUT2D eigenvalue weighted by Gasteiger charge is -2.55. The van der Waals surface area contributed by atoms with Crippen LogP contribution in [0.3, 0.4) is 0 Å². The maximum absolute atomic E-state index is 14.9. The number of amides is 2. The minimum atomic E-state index is -1.26. The van der Waals surface area contributed by atoms with Crippen LogP contribution in [0.4, 0.5) is 0 Å². The molecule has 2 fully saturated rings. The molecule has 3 aromatic rings. The zero-order valence-corrected chi connectivity index (χ0v) is 24.9. The number of carbonyl (C=O) groups excluding carboxylic acids is 4. The summed E-state index contributed by atoms with van der Waals surface area (Å²) in [5, 5.41) is 10.5. The Kier molecular flexibility index (Phi) is 6.76. The van der Waals surface area contributed by atoms with Gasteiger partial charge in [-0.1, -0.05) is 91.4 Å². The third-order valence-electron chi connectivity index (χ3n) is 10.5. The number of aryl methyl sites for hydroxylation is 1. The molecule has 2 amide bonds. The number of fused-ring (bicyclic) bond motifs is 4. The summed E-state index contributed by atoms with van der Waals surface area (Å²) in [5.41, 5.74) is 2.98. The van der Waals surface area contributed by atoms with Crippen molar-refractivity contribution in [2.45, 2.75) is 44.4 Å². The largest absolute Gasteiger partial charge is 0.508 e. The molecule has 4 aliphatic rings. The maximum Gasteiger partial charge on any atom is 0.233 e. The molecule has 6 heteroatoms. The second-order valence-corrected chi connectivity index (χ2v) is 12.7. The maximum atomic E-state index is 14.9. The van der Waals surface area contributed by atoms with Crippen molar-refractivity contribution in [1.29, 1.82) is 0 Å². The van der Waals surface area contributed by atoms with Crippen molar-refractivity contribution in [1.82, 2.24) is 4.90 Å². The number of rotatable bonds is 5. The number of phenolic OH excluding ortho intramolecular Hbond substituents is 1. The van der Waals surface area contributed by atoms with E-state index >= 15 is 0 Å². The van der Waals surface area contributed by atoms with E-state index in [4.69, 9.17) is 0 Å². The molecule has 0 bridgehead atoms. The molecule has 3 aromatic carbocycles. The van der Waals surface area contributed by atoms with Crippen LogP contribution in [0.15, 0.2) is 96.6 Å². The number of imide groups is 1. The smallest absolute Gasteiger partial charge is 0.233 e. The van der Waals surface area contributed by atoms with Crippen LogP contribution in [0.25, 0.3) is 5.57 Å². The van der Waals surface area contributed by atoms with Gasteiger partial charge in [-0.25, -0.2) is 0 Å². The van der Waals surface area contributed by atoms with Crippen molar-refractivity contribution in [3.8, 4) is 5.75 Å². The van der Waals surface area contributed by atoms with Gasteiger partial charge in [0.15, 0.2) is 11.6 Å². The lowest BCUT2D eigenvalue weighted by molar-refractivity contribution is -0.140. The monoisotopic (exact) mass is 585 g/mol. The van der Waals surface area contributed by atoms with Gasteiger partial charge in [-0.2, -0.15) is 0 Å². The predicted octanol–water partition coefficient (Wildman–Crippen LogP) is 5.94. The summed E-state index contributed by atoms with van der Waals surface area (Å²) in [4.78, 5) is 58.6. The second kappa shape index (κ2) is 10.5. The Morgan fingerprint density at radius 1 is 0.886 bits per heavy atom. The lowest BCUT2D eigenvalue weighted by Crippen LogP contribution is -2.58. The fourth-order valence-electron chi connectivity index (χ4n) is 8.62. The predicted molar refractivity (Wildman–Crippen MR) is 166 cm³/mol. The van der Waals surface area contributed by atoms with Gasteiger partial charge in [0.2, 0.25) is 11.8 Å². The fraction of sp³-hybridized carbons (Fsp3) is 0.316. The number of carbonyl (C=O) groups is 4. The summed E-state index contributed by atoms with van der Waals surface area (Å²) < 4.78 is 0. The first-order valence-corrected chi connectivity index (χ1v) is 15.5. The highest BCUT2D eigenvalue weighted by molar-refractivity contribution is 6.31. The summed E-state index contributed by atoms with van der Waals surface area (Å²) in [5.74, 6) is -3.17. The zero-order chi connectivity index (χ0) is 30.7. The minimum Gasteiger partial charge on any atom is -0.508 e. The number of allylic oxidation sites excluding steroid dienone is 4. The summed E-state index contributed by atoms with van der Waals surface area (Å²) in [6.07, 6.45) is 4.99. The van der Waals surface area contributed by atoms with E-state index < -0.39 is 29.1 Å². The van der Waals surface area contributed by atoms with E-state index in [1.165, 1.54) is 11.0 Å². The van der Waals surface area contributed by atoms with Crippen molar-refractivity contribution in [2.24, 2.45) is 23.7 Å². The number of phenols is 1. The quantitative estimate of drug-likeness (QED) is 0.296. The van der Waals surface area contributed by atoms with Gasteiger partial charge in [0.25, 0.3) is 0 Å². The molecule has 0 radical (unpaired) electrons. The Morgan fingerprint density at radius 2 is 1.59 bits per heavy atom. The topological polar surface area (TPSA) is 91.8 Å². The van der Waals surface area contributed by atoms with Crippen molar-refractivity contribution in [2.75, 3.05) is 6.54 Å². The van der Waals surface area contributed by atoms with Gasteiger partial charge in [-0.05, 0) is 66.5 Å². The number of likely N-dealkylation sites (tertiary alicyclic amines) is 1. The van der Waals surface area contributed by atoms with E-state index in [2.05, 4.69) is 6.08 Å². The third kappa shape index (κ3) is 3.93. The summed E-state index contributed by atoms with van der Waals surface area (Å²) in [7, 11) is 0. The summed E-state index contributed by atoms with van der Waals surface area (Å²) >= 11 is 0. The van der Waals surface area contributed by atoms with Gasteiger partial charge in [0, 0.05) is 24.0 Å². The molecular formula is C38H35NO5. The minimum absolute atomic E-state index is 0.122. The van der Waals surface area contributed by atoms with Crippen LogP contribution >= 0.6 is 0 Å². The number of aromatic hydroxyl groups is 1. The van der Waals surface area contributed by atoms with Crippen molar-refractivity contribution >= 4 is 29.0 Å². The van der Waals surface area contributed by atoms with Crippen LogP contribution in [0.1, 0.15) is 54.4 Å². The summed E-state index contributed by atoms with van der Waals surface area (Å²) in [6.45, 7) is 4.15. The van der Waals surface area contributed by atoms with Crippen LogP contribution in [-0.2, 0) is 24.6 Å². The molecule has 6 nitrogen and oxygen atoms in total. The van der Waals surface area contributed by atoms with Gasteiger partial charge >= 0.3 is 0 Å². The van der Waals surface area contributed by atoms with E-state index in [9.17, 15) is 24.3 Å². The number of hydrogen-bond donors (Lipinski definition) is 1.